The molecule has 0 aliphatic carbocycles. The van der Waals surface area contributed by atoms with Crippen molar-refractivity contribution in [3.05, 3.63) is 47.8 Å². The van der Waals surface area contributed by atoms with Crippen LogP contribution in [0.1, 0.15) is 18.1 Å². The van der Waals surface area contributed by atoms with Crippen molar-refractivity contribution in [3.63, 3.8) is 0 Å². The number of nitrogens with zero attached hydrogens (tertiary/aromatic N) is 3. The minimum Gasteiger partial charge on any atom is -0.451 e. The number of aryl methyl sites for hydroxylation is 2. The number of likely N-dealkylation sites (N-methyl/N-ethyl adjacent to an activating group) is 1. The fourth-order valence-corrected chi connectivity index (χ4v) is 2.55. The maximum atomic E-state index is 12.1. The highest BCUT2D eigenvalue weighted by Gasteiger charge is 2.20. The van der Waals surface area contributed by atoms with Crippen molar-refractivity contribution < 1.29 is 19.1 Å². The molecule has 2 rings (SSSR count). The van der Waals surface area contributed by atoms with E-state index in [1.54, 1.807) is 25.5 Å². The summed E-state index contributed by atoms with van der Waals surface area (Å²) in [6, 6.07) is 7.35. The molecule has 1 heterocycles. The fourth-order valence-electron chi connectivity index (χ4n) is 2.55. The SMILES string of the molecule is Cc1cccc(C)c1NC(=O)CNC(=O)[C@@H](C)OC(=O)CN(C)c1ncccn1. The molecular formula is C20H25N5O4. The number of hydrogen-bond acceptors (Lipinski definition) is 7. The molecule has 0 aliphatic heterocycles. The molecular weight excluding hydrogens is 374 g/mol. The second-order valence-corrected chi connectivity index (χ2v) is 6.57. The van der Waals surface area contributed by atoms with Crippen LogP contribution in [0.5, 0.6) is 0 Å². The molecule has 0 radical (unpaired) electrons. The van der Waals surface area contributed by atoms with Crippen LogP contribution in [0.4, 0.5) is 11.6 Å². The Morgan fingerprint density at radius 3 is 2.34 bits per heavy atom. The van der Waals surface area contributed by atoms with E-state index in [4.69, 9.17) is 4.74 Å². The van der Waals surface area contributed by atoms with E-state index in [0.717, 1.165) is 16.8 Å². The molecule has 0 spiro atoms. The van der Waals surface area contributed by atoms with Gasteiger partial charge in [-0.2, -0.15) is 0 Å². The van der Waals surface area contributed by atoms with Crippen LogP contribution in [-0.4, -0.2) is 54.0 Å². The average Bonchev–Trinajstić information content (AvgIpc) is 2.69. The number of aromatic nitrogens is 2. The van der Waals surface area contributed by atoms with Gasteiger partial charge in [0, 0.05) is 25.1 Å². The van der Waals surface area contributed by atoms with Crippen molar-refractivity contribution in [3.8, 4) is 0 Å². The third kappa shape index (κ3) is 6.56. The number of esters is 1. The summed E-state index contributed by atoms with van der Waals surface area (Å²) in [5.41, 5.74) is 2.58. The van der Waals surface area contributed by atoms with E-state index in [2.05, 4.69) is 20.6 Å². The number of benzene rings is 1. The normalized spacial score (nSPS) is 11.3. The molecule has 0 fully saturated rings. The summed E-state index contributed by atoms with van der Waals surface area (Å²) in [6.45, 7) is 4.87. The zero-order chi connectivity index (χ0) is 21.4. The average molecular weight is 399 g/mol. The van der Waals surface area contributed by atoms with Crippen LogP contribution in [0.15, 0.2) is 36.7 Å². The van der Waals surface area contributed by atoms with Crippen LogP contribution in [0, 0.1) is 13.8 Å². The number of ether oxygens (including phenoxy) is 1. The highest BCUT2D eigenvalue weighted by Crippen LogP contribution is 2.18. The van der Waals surface area contributed by atoms with Crippen LogP contribution in [0.3, 0.4) is 0 Å². The molecule has 0 unspecified atom stereocenters. The maximum Gasteiger partial charge on any atom is 0.326 e. The highest BCUT2D eigenvalue weighted by atomic mass is 16.5. The summed E-state index contributed by atoms with van der Waals surface area (Å²) in [5, 5.41) is 5.24. The van der Waals surface area contributed by atoms with Gasteiger partial charge in [-0.15, -0.1) is 0 Å². The summed E-state index contributed by atoms with van der Waals surface area (Å²) >= 11 is 0. The van der Waals surface area contributed by atoms with Crippen molar-refractivity contribution >= 4 is 29.4 Å². The van der Waals surface area contributed by atoms with Crippen molar-refractivity contribution in [1.82, 2.24) is 15.3 Å². The first-order chi connectivity index (χ1) is 13.8. The van der Waals surface area contributed by atoms with Gasteiger partial charge in [0.1, 0.15) is 6.54 Å². The molecule has 29 heavy (non-hydrogen) atoms. The van der Waals surface area contributed by atoms with Gasteiger partial charge in [0.05, 0.1) is 6.54 Å². The van der Waals surface area contributed by atoms with Gasteiger partial charge in [-0.25, -0.2) is 9.97 Å². The van der Waals surface area contributed by atoms with Crippen LogP contribution >= 0.6 is 0 Å². The second-order valence-electron chi connectivity index (χ2n) is 6.57. The number of para-hydroxylation sites is 1. The Hall–Kier alpha value is -3.49. The van der Waals surface area contributed by atoms with Gasteiger partial charge in [-0.1, -0.05) is 18.2 Å². The molecule has 1 aromatic heterocycles. The summed E-state index contributed by atoms with van der Waals surface area (Å²) in [7, 11) is 1.64. The van der Waals surface area contributed by atoms with Crippen molar-refractivity contribution in [2.45, 2.75) is 26.9 Å². The first kappa shape index (κ1) is 21.8. The minimum absolute atomic E-state index is 0.116. The topological polar surface area (TPSA) is 114 Å². The van der Waals surface area contributed by atoms with Gasteiger partial charge in [0.2, 0.25) is 11.9 Å². The lowest BCUT2D eigenvalue weighted by molar-refractivity contribution is -0.153. The lowest BCUT2D eigenvalue weighted by atomic mass is 10.1. The number of rotatable bonds is 8. The minimum atomic E-state index is -1.04. The Bertz CT molecular complexity index is 852. The summed E-state index contributed by atoms with van der Waals surface area (Å²) in [5.74, 6) is -1.17. The number of anilines is 2. The smallest absolute Gasteiger partial charge is 0.326 e. The third-order valence-electron chi connectivity index (χ3n) is 4.11. The van der Waals surface area contributed by atoms with Gasteiger partial charge in [0.15, 0.2) is 6.10 Å². The largest absolute Gasteiger partial charge is 0.451 e. The first-order valence-electron chi connectivity index (χ1n) is 9.09. The number of carbonyl (C=O) groups excluding carboxylic acids is 3. The number of hydrogen-bond donors (Lipinski definition) is 2. The van der Waals surface area contributed by atoms with Crippen LogP contribution in [0.2, 0.25) is 0 Å². The van der Waals surface area contributed by atoms with E-state index in [9.17, 15) is 14.4 Å². The maximum absolute atomic E-state index is 12.1. The number of nitrogens with one attached hydrogen (secondary N) is 2. The summed E-state index contributed by atoms with van der Waals surface area (Å²) in [4.78, 5) is 45.8. The van der Waals surface area contributed by atoms with Gasteiger partial charge < -0.3 is 20.3 Å². The van der Waals surface area contributed by atoms with Gasteiger partial charge >= 0.3 is 5.97 Å². The van der Waals surface area contributed by atoms with E-state index >= 15 is 0 Å². The van der Waals surface area contributed by atoms with E-state index in [-0.39, 0.29) is 19.0 Å². The van der Waals surface area contributed by atoms with Gasteiger partial charge in [0.25, 0.3) is 5.91 Å². The lowest BCUT2D eigenvalue weighted by Gasteiger charge is -2.18. The van der Waals surface area contributed by atoms with E-state index < -0.39 is 18.0 Å². The molecule has 2 N–H and O–H groups in total. The summed E-state index contributed by atoms with van der Waals surface area (Å²) in [6.07, 6.45) is 2.08. The van der Waals surface area contributed by atoms with Crippen LogP contribution in [-0.2, 0) is 19.1 Å². The zero-order valence-electron chi connectivity index (χ0n) is 16.9. The molecule has 1 aromatic carbocycles. The fraction of sp³-hybridized carbons (Fsp3) is 0.350. The molecule has 9 nitrogen and oxygen atoms in total. The predicted molar refractivity (Wildman–Crippen MR) is 108 cm³/mol. The van der Waals surface area contributed by atoms with Crippen molar-refractivity contribution in [1.29, 1.82) is 0 Å². The molecule has 0 aliphatic rings. The number of amides is 2. The molecule has 0 bridgehead atoms. The molecule has 9 heteroatoms. The molecule has 154 valence electrons. The third-order valence-corrected chi connectivity index (χ3v) is 4.11. The van der Waals surface area contributed by atoms with Crippen LogP contribution < -0.4 is 15.5 Å². The molecule has 2 aromatic rings. The molecule has 2 amide bonds. The van der Waals surface area contributed by atoms with E-state index in [1.807, 2.05) is 32.0 Å². The molecule has 1 atom stereocenters. The molecule has 0 saturated heterocycles. The zero-order valence-corrected chi connectivity index (χ0v) is 16.9. The second kappa shape index (κ2) is 10.2. The van der Waals surface area contributed by atoms with Crippen LogP contribution in [0.25, 0.3) is 0 Å². The van der Waals surface area contributed by atoms with E-state index in [1.165, 1.54) is 11.8 Å². The number of carbonyl (C=O) groups is 3. The Morgan fingerprint density at radius 2 is 1.72 bits per heavy atom. The highest BCUT2D eigenvalue weighted by molar-refractivity contribution is 5.96. The lowest BCUT2D eigenvalue weighted by Crippen LogP contribution is -2.41. The molecule has 0 saturated carbocycles. The Balaban J connectivity index is 1.78. The quantitative estimate of drug-likeness (QED) is 0.642. The standard InChI is InChI=1S/C20H25N5O4/c1-13-7-5-8-14(2)18(13)24-16(26)11-23-19(28)15(3)29-17(27)12-25(4)20-21-9-6-10-22-20/h5-10,15H,11-12H2,1-4H3,(H,23,28)(H,24,26)/t15-/m1/s1. The summed E-state index contributed by atoms with van der Waals surface area (Å²) < 4.78 is 5.11. The van der Waals surface area contributed by atoms with Crippen molar-refractivity contribution in [2.24, 2.45) is 0 Å². The van der Waals surface area contributed by atoms with Gasteiger partial charge in [-0.05, 0) is 38.0 Å². The Labute approximate surface area is 169 Å². The Kier molecular flexibility index (Phi) is 7.64. The van der Waals surface area contributed by atoms with Gasteiger partial charge in [-0.3, -0.25) is 14.4 Å². The Morgan fingerprint density at radius 1 is 1.10 bits per heavy atom. The van der Waals surface area contributed by atoms with Crippen molar-refractivity contribution in [2.75, 3.05) is 30.4 Å². The monoisotopic (exact) mass is 399 g/mol. The predicted octanol–water partition coefficient (Wildman–Crippen LogP) is 1.22. The van der Waals surface area contributed by atoms with E-state index in [0.29, 0.717) is 5.95 Å². The first-order valence-corrected chi connectivity index (χ1v) is 9.09.